The summed E-state index contributed by atoms with van der Waals surface area (Å²) < 4.78 is 6.06. The molecule has 1 heterocycles. The summed E-state index contributed by atoms with van der Waals surface area (Å²) in [7, 11) is 0. The van der Waals surface area contributed by atoms with Crippen molar-refractivity contribution in [2.45, 2.75) is 64.7 Å². The van der Waals surface area contributed by atoms with Crippen LogP contribution in [-0.2, 0) is 4.74 Å². The fourth-order valence-corrected chi connectivity index (χ4v) is 1.99. The molecule has 0 aliphatic carbocycles. The first-order valence-electron chi connectivity index (χ1n) is 5.50. The molecule has 0 saturated carbocycles. The van der Waals surface area contributed by atoms with Crippen LogP contribution in [0.2, 0.25) is 0 Å². The highest BCUT2D eigenvalue weighted by atomic mass is 16.5. The third-order valence-electron chi connectivity index (χ3n) is 2.72. The highest BCUT2D eigenvalue weighted by molar-refractivity contribution is 4.88. The zero-order chi connectivity index (χ0) is 9.90. The first kappa shape index (κ1) is 11.0. The van der Waals surface area contributed by atoms with Gasteiger partial charge in [0.25, 0.3) is 0 Å². The number of ether oxygens (including phenoxy) is 1. The van der Waals surface area contributed by atoms with E-state index in [9.17, 15) is 0 Å². The normalized spacial score (nSPS) is 33.2. The Morgan fingerprint density at radius 2 is 2.08 bits per heavy atom. The lowest BCUT2D eigenvalue weighted by Gasteiger charge is -2.42. The molecule has 2 heteroatoms. The summed E-state index contributed by atoms with van der Waals surface area (Å²) in [5, 5.41) is 3.57. The number of hydrogen-bond donors (Lipinski definition) is 1. The van der Waals surface area contributed by atoms with Crippen molar-refractivity contribution in [1.82, 2.24) is 5.32 Å². The van der Waals surface area contributed by atoms with Crippen LogP contribution in [0.25, 0.3) is 0 Å². The van der Waals surface area contributed by atoms with Crippen molar-refractivity contribution in [2.24, 2.45) is 0 Å². The predicted molar refractivity (Wildman–Crippen MR) is 55.9 cm³/mol. The second-order valence-corrected chi connectivity index (χ2v) is 4.60. The van der Waals surface area contributed by atoms with Gasteiger partial charge in [0.1, 0.15) is 0 Å². The maximum atomic E-state index is 6.06. The zero-order valence-corrected chi connectivity index (χ0v) is 9.39. The molecule has 0 aromatic rings. The zero-order valence-electron chi connectivity index (χ0n) is 9.39. The van der Waals surface area contributed by atoms with Crippen molar-refractivity contribution in [3.63, 3.8) is 0 Å². The van der Waals surface area contributed by atoms with Gasteiger partial charge in [-0.25, -0.2) is 0 Å². The summed E-state index contributed by atoms with van der Waals surface area (Å²) in [5.41, 5.74) is 0.0194. The molecule has 1 fully saturated rings. The minimum atomic E-state index is 0.0194. The molecule has 2 nitrogen and oxygen atoms in total. The van der Waals surface area contributed by atoms with Gasteiger partial charge in [0, 0.05) is 12.6 Å². The van der Waals surface area contributed by atoms with Gasteiger partial charge in [0.05, 0.1) is 11.7 Å². The molecule has 1 aliphatic rings. The maximum absolute atomic E-state index is 6.06. The SMILES string of the molecule is CCCC1OC(C)(C)CNC1CC. The van der Waals surface area contributed by atoms with Gasteiger partial charge in [0.2, 0.25) is 0 Å². The number of nitrogens with one attached hydrogen (secondary N) is 1. The largest absolute Gasteiger partial charge is 0.369 e. The third-order valence-corrected chi connectivity index (χ3v) is 2.72. The van der Waals surface area contributed by atoms with Crippen LogP contribution in [0.1, 0.15) is 47.0 Å². The minimum absolute atomic E-state index is 0.0194. The summed E-state index contributed by atoms with van der Waals surface area (Å²) in [6.07, 6.45) is 3.97. The fraction of sp³-hybridized carbons (Fsp3) is 1.00. The van der Waals surface area contributed by atoms with Crippen LogP contribution < -0.4 is 5.32 Å². The van der Waals surface area contributed by atoms with E-state index in [1.54, 1.807) is 0 Å². The van der Waals surface area contributed by atoms with Crippen LogP contribution in [0.3, 0.4) is 0 Å². The Morgan fingerprint density at radius 1 is 1.38 bits per heavy atom. The Labute approximate surface area is 82.0 Å². The molecule has 1 rings (SSSR count). The molecule has 0 aromatic heterocycles. The lowest BCUT2D eigenvalue weighted by Crippen LogP contribution is -2.56. The van der Waals surface area contributed by atoms with Crippen molar-refractivity contribution >= 4 is 0 Å². The van der Waals surface area contributed by atoms with Crippen molar-refractivity contribution in [2.75, 3.05) is 6.54 Å². The smallest absolute Gasteiger partial charge is 0.0755 e. The predicted octanol–water partition coefficient (Wildman–Crippen LogP) is 2.33. The van der Waals surface area contributed by atoms with E-state index in [2.05, 4.69) is 33.0 Å². The van der Waals surface area contributed by atoms with Crippen molar-refractivity contribution in [3.8, 4) is 0 Å². The third kappa shape index (κ3) is 2.96. The molecule has 2 unspecified atom stereocenters. The molecule has 1 N–H and O–H groups in total. The Bertz CT molecular complexity index is 156. The molecule has 13 heavy (non-hydrogen) atoms. The van der Waals surface area contributed by atoms with Gasteiger partial charge in [-0.2, -0.15) is 0 Å². The molecule has 0 radical (unpaired) electrons. The highest BCUT2D eigenvalue weighted by Gasteiger charge is 2.33. The van der Waals surface area contributed by atoms with Crippen LogP contribution in [0.15, 0.2) is 0 Å². The molecule has 2 atom stereocenters. The summed E-state index contributed by atoms with van der Waals surface area (Å²) in [4.78, 5) is 0. The van der Waals surface area contributed by atoms with Gasteiger partial charge in [-0.3, -0.25) is 0 Å². The molecule has 0 amide bonds. The van der Waals surface area contributed by atoms with Gasteiger partial charge in [-0.05, 0) is 26.7 Å². The van der Waals surface area contributed by atoms with Crippen LogP contribution >= 0.6 is 0 Å². The topological polar surface area (TPSA) is 21.3 Å². The highest BCUT2D eigenvalue weighted by Crippen LogP contribution is 2.23. The monoisotopic (exact) mass is 185 g/mol. The molecule has 0 aromatic carbocycles. The van der Waals surface area contributed by atoms with Crippen molar-refractivity contribution < 1.29 is 4.74 Å². The maximum Gasteiger partial charge on any atom is 0.0755 e. The lowest BCUT2D eigenvalue weighted by molar-refractivity contribution is -0.118. The van der Waals surface area contributed by atoms with E-state index in [4.69, 9.17) is 4.74 Å². The van der Waals surface area contributed by atoms with Crippen LogP contribution in [-0.4, -0.2) is 24.3 Å². The second kappa shape index (κ2) is 4.43. The summed E-state index contributed by atoms with van der Waals surface area (Å²) in [6.45, 7) is 9.74. The van der Waals surface area contributed by atoms with Crippen LogP contribution in [0.5, 0.6) is 0 Å². The van der Waals surface area contributed by atoms with Gasteiger partial charge in [-0.15, -0.1) is 0 Å². The first-order valence-corrected chi connectivity index (χ1v) is 5.50. The van der Waals surface area contributed by atoms with Gasteiger partial charge < -0.3 is 10.1 Å². The van der Waals surface area contributed by atoms with E-state index in [1.165, 1.54) is 19.3 Å². The van der Waals surface area contributed by atoms with Gasteiger partial charge >= 0.3 is 0 Å². The molecule has 0 bridgehead atoms. The molecule has 1 aliphatic heterocycles. The molecule has 1 saturated heterocycles. The number of rotatable bonds is 3. The van der Waals surface area contributed by atoms with E-state index in [-0.39, 0.29) is 5.60 Å². The average molecular weight is 185 g/mol. The average Bonchev–Trinajstić information content (AvgIpc) is 2.04. The van der Waals surface area contributed by atoms with E-state index < -0.39 is 0 Å². The standard InChI is InChI=1S/C11H23NO/c1-5-7-10-9(6-2)12-8-11(3,4)13-10/h9-10,12H,5-8H2,1-4H3. The van der Waals surface area contributed by atoms with Gasteiger partial charge in [0.15, 0.2) is 0 Å². The first-order chi connectivity index (χ1) is 6.09. The number of morpholine rings is 1. The van der Waals surface area contributed by atoms with E-state index in [0.717, 1.165) is 6.54 Å². The Kier molecular flexibility index (Phi) is 3.74. The number of hydrogen-bond acceptors (Lipinski definition) is 2. The Balaban J connectivity index is 2.52. The summed E-state index contributed by atoms with van der Waals surface area (Å²) in [5.74, 6) is 0. The van der Waals surface area contributed by atoms with E-state index >= 15 is 0 Å². The lowest BCUT2D eigenvalue weighted by atomic mass is 9.97. The second-order valence-electron chi connectivity index (χ2n) is 4.60. The Morgan fingerprint density at radius 3 is 2.62 bits per heavy atom. The Hall–Kier alpha value is -0.0800. The molecular formula is C11H23NO. The van der Waals surface area contributed by atoms with Crippen molar-refractivity contribution in [1.29, 1.82) is 0 Å². The quantitative estimate of drug-likeness (QED) is 0.728. The minimum Gasteiger partial charge on any atom is -0.369 e. The fourth-order valence-electron chi connectivity index (χ4n) is 1.99. The molecule has 0 spiro atoms. The summed E-state index contributed by atoms with van der Waals surface area (Å²) in [6, 6.07) is 0.563. The van der Waals surface area contributed by atoms with Crippen molar-refractivity contribution in [3.05, 3.63) is 0 Å². The van der Waals surface area contributed by atoms with Gasteiger partial charge in [-0.1, -0.05) is 20.3 Å². The van der Waals surface area contributed by atoms with Crippen LogP contribution in [0, 0.1) is 0 Å². The molecular weight excluding hydrogens is 162 g/mol. The van der Waals surface area contributed by atoms with E-state index in [0.29, 0.717) is 12.1 Å². The van der Waals surface area contributed by atoms with Crippen LogP contribution in [0.4, 0.5) is 0 Å². The summed E-state index contributed by atoms with van der Waals surface area (Å²) >= 11 is 0. The molecule has 78 valence electrons. The van der Waals surface area contributed by atoms with E-state index in [1.807, 2.05) is 0 Å².